The predicted octanol–water partition coefficient (Wildman–Crippen LogP) is 3.74. The largest absolute Gasteiger partial charge is 0.414 e. The SMILES string of the molecule is CNC(=O)Oc1nc2ccc(C3(O)c4ccccc4C(=O)N3c3cccc(N4CCCC4)c3)cc2[nH]1. The number of anilines is 2. The smallest absolute Gasteiger partial charge is 0.375 e. The highest BCUT2D eigenvalue weighted by Gasteiger charge is 2.50. The summed E-state index contributed by atoms with van der Waals surface area (Å²) in [6.45, 7) is 1.94. The molecule has 36 heavy (non-hydrogen) atoms. The van der Waals surface area contributed by atoms with Crippen molar-refractivity contribution in [1.29, 1.82) is 0 Å². The van der Waals surface area contributed by atoms with E-state index in [0.29, 0.717) is 33.4 Å². The van der Waals surface area contributed by atoms with Crippen molar-refractivity contribution in [1.82, 2.24) is 15.3 Å². The standard InChI is InChI=1S/C27H25N5O4/c1-28-26(34)36-25-29-22-12-11-17(15-23(22)30-25)27(35)21-10-3-2-9-20(21)24(33)32(27)19-8-6-7-18(16-19)31-13-4-5-14-31/h2-3,6-12,15-16,35H,4-5,13-14H2,1H3,(H,28,34)(H,29,30). The monoisotopic (exact) mass is 483 g/mol. The second-order valence-electron chi connectivity index (χ2n) is 8.99. The summed E-state index contributed by atoms with van der Waals surface area (Å²) in [7, 11) is 1.46. The highest BCUT2D eigenvalue weighted by atomic mass is 16.6. The van der Waals surface area contributed by atoms with Crippen LogP contribution in [-0.2, 0) is 5.72 Å². The van der Waals surface area contributed by atoms with E-state index >= 15 is 0 Å². The van der Waals surface area contributed by atoms with Crippen molar-refractivity contribution < 1.29 is 19.4 Å². The summed E-state index contributed by atoms with van der Waals surface area (Å²) in [5.41, 5.74) is 2.42. The lowest BCUT2D eigenvalue weighted by Gasteiger charge is -2.35. The molecular weight excluding hydrogens is 458 g/mol. The first-order chi connectivity index (χ1) is 17.5. The average Bonchev–Trinajstić information content (AvgIpc) is 3.62. The number of aromatic amines is 1. The summed E-state index contributed by atoms with van der Waals surface area (Å²) in [5.74, 6) is -0.278. The number of carbonyl (C=O) groups excluding carboxylic acids is 2. The number of aliphatic hydroxyl groups is 1. The highest BCUT2D eigenvalue weighted by molar-refractivity contribution is 6.12. The number of nitrogens with one attached hydrogen (secondary N) is 2. The van der Waals surface area contributed by atoms with Gasteiger partial charge in [-0.15, -0.1) is 0 Å². The van der Waals surface area contributed by atoms with Gasteiger partial charge in [0.1, 0.15) is 0 Å². The van der Waals surface area contributed by atoms with Crippen molar-refractivity contribution in [3.8, 4) is 6.01 Å². The topological polar surface area (TPSA) is 111 Å². The van der Waals surface area contributed by atoms with Crippen LogP contribution in [0.2, 0.25) is 0 Å². The minimum absolute atomic E-state index is 0.0339. The number of imidazole rings is 1. The van der Waals surface area contributed by atoms with E-state index in [1.807, 2.05) is 30.3 Å². The third-order valence-corrected chi connectivity index (χ3v) is 6.88. The van der Waals surface area contributed by atoms with E-state index in [2.05, 4.69) is 20.2 Å². The number of benzene rings is 3. The highest BCUT2D eigenvalue weighted by Crippen LogP contribution is 2.46. The molecule has 1 saturated heterocycles. The fraction of sp³-hybridized carbons (Fsp3) is 0.222. The molecule has 4 aromatic rings. The maximum absolute atomic E-state index is 13.7. The molecule has 9 nitrogen and oxygen atoms in total. The van der Waals surface area contributed by atoms with Crippen molar-refractivity contribution >= 4 is 34.4 Å². The molecule has 3 N–H and O–H groups in total. The number of ether oxygens (including phenoxy) is 1. The molecule has 3 heterocycles. The van der Waals surface area contributed by atoms with Crippen LogP contribution in [0.15, 0.2) is 66.7 Å². The lowest BCUT2D eigenvalue weighted by molar-refractivity contribution is 0.0704. The Labute approximate surface area is 207 Å². The quantitative estimate of drug-likeness (QED) is 0.408. The number of amides is 2. The summed E-state index contributed by atoms with van der Waals surface area (Å²) in [6, 6.07) is 20.1. The number of aromatic nitrogens is 2. The van der Waals surface area contributed by atoms with Crippen molar-refractivity contribution in [2.24, 2.45) is 0 Å². The molecule has 1 atom stereocenters. The van der Waals surface area contributed by atoms with E-state index in [0.717, 1.165) is 31.6 Å². The maximum Gasteiger partial charge on any atom is 0.414 e. The Balaban J connectivity index is 1.48. The van der Waals surface area contributed by atoms with Crippen molar-refractivity contribution in [3.63, 3.8) is 0 Å². The van der Waals surface area contributed by atoms with E-state index in [-0.39, 0.29) is 11.9 Å². The van der Waals surface area contributed by atoms with Gasteiger partial charge in [-0.2, -0.15) is 4.98 Å². The Hall–Kier alpha value is -4.37. The molecule has 6 rings (SSSR count). The second-order valence-corrected chi connectivity index (χ2v) is 8.99. The van der Waals surface area contributed by atoms with Gasteiger partial charge in [0.05, 0.1) is 11.0 Å². The van der Waals surface area contributed by atoms with Gasteiger partial charge in [-0.1, -0.05) is 30.3 Å². The fourth-order valence-corrected chi connectivity index (χ4v) is 5.14. The fourth-order valence-electron chi connectivity index (χ4n) is 5.14. The maximum atomic E-state index is 13.7. The molecule has 0 aliphatic carbocycles. The molecule has 1 aromatic heterocycles. The van der Waals surface area contributed by atoms with Gasteiger partial charge < -0.3 is 25.0 Å². The van der Waals surface area contributed by atoms with Gasteiger partial charge in [0.15, 0.2) is 5.72 Å². The van der Waals surface area contributed by atoms with Crippen molar-refractivity contribution in [2.45, 2.75) is 18.6 Å². The van der Waals surface area contributed by atoms with Crippen molar-refractivity contribution in [3.05, 3.63) is 83.4 Å². The molecule has 2 aliphatic heterocycles. The Morgan fingerprint density at radius 2 is 1.83 bits per heavy atom. The molecule has 1 fully saturated rings. The van der Waals surface area contributed by atoms with E-state index in [1.54, 1.807) is 36.4 Å². The molecule has 182 valence electrons. The van der Waals surface area contributed by atoms with Crippen LogP contribution < -0.4 is 19.9 Å². The number of H-pyrrole nitrogens is 1. The van der Waals surface area contributed by atoms with E-state index < -0.39 is 11.8 Å². The molecule has 2 aliphatic rings. The Morgan fingerprint density at radius 1 is 1.06 bits per heavy atom. The summed E-state index contributed by atoms with van der Waals surface area (Å²) < 4.78 is 5.12. The van der Waals surface area contributed by atoms with E-state index in [9.17, 15) is 14.7 Å². The van der Waals surface area contributed by atoms with Gasteiger partial charge in [-0.25, -0.2) is 4.79 Å². The average molecular weight is 484 g/mol. The predicted molar refractivity (Wildman–Crippen MR) is 135 cm³/mol. The molecule has 3 aromatic carbocycles. The molecule has 0 radical (unpaired) electrons. The van der Waals surface area contributed by atoms with E-state index in [1.165, 1.54) is 11.9 Å². The minimum atomic E-state index is -1.75. The Bertz CT molecular complexity index is 1490. The third-order valence-electron chi connectivity index (χ3n) is 6.88. The number of carbonyl (C=O) groups is 2. The van der Waals surface area contributed by atoms with Crippen LogP contribution >= 0.6 is 0 Å². The number of hydrogen-bond donors (Lipinski definition) is 3. The van der Waals surface area contributed by atoms with Crippen molar-refractivity contribution in [2.75, 3.05) is 29.9 Å². The molecule has 0 spiro atoms. The molecule has 2 amide bonds. The number of hydrogen-bond acceptors (Lipinski definition) is 6. The normalized spacial score (nSPS) is 19.1. The first kappa shape index (κ1) is 22.1. The molecule has 0 bridgehead atoms. The van der Waals surface area contributed by atoms with Crippen LogP contribution in [-0.4, -0.2) is 47.2 Å². The van der Waals surface area contributed by atoms with Gasteiger partial charge in [-0.3, -0.25) is 9.69 Å². The zero-order valence-electron chi connectivity index (χ0n) is 19.7. The lowest BCUT2D eigenvalue weighted by Crippen LogP contribution is -2.45. The summed E-state index contributed by atoms with van der Waals surface area (Å²) >= 11 is 0. The Kier molecular flexibility index (Phi) is 5.15. The van der Waals surface area contributed by atoms with Gasteiger partial charge >= 0.3 is 12.1 Å². The Morgan fingerprint density at radius 3 is 2.64 bits per heavy atom. The molecule has 1 unspecified atom stereocenters. The zero-order chi connectivity index (χ0) is 24.9. The first-order valence-electron chi connectivity index (χ1n) is 11.9. The van der Waals surface area contributed by atoms with Gasteiger partial charge in [0, 0.05) is 48.2 Å². The molecule has 9 heteroatoms. The minimum Gasteiger partial charge on any atom is -0.375 e. The van der Waals surface area contributed by atoms with Gasteiger partial charge in [0.2, 0.25) is 0 Å². The first-order valence-corrected chi connectivity index (χ1v) is 11.9. The van der Waals surface area contributed by atoms with Gasteiger partial charge in [0.25, 0.3) is 5.91 Å². The molecule has 0 saturated carbocycles. The third kappa shape index (κ3) is 3.39. The number of rotatable bonds is 4. The summed E-state index contributed by atoms with van der Waals surface area (Å²) in [4.78, 5) is 36.3. The summed E-state index contributed by atoms with van der Waals surface area (Å²) in [5, 5.41) is 14.7. The van der Waals surface area contributed by atoms with Crippen LogP contribution in [0.3, 0.4) is 0 Å². The number of nitrogens with zero attached hydrogens (tertiary/aromatic N) is 3. The number of fused-ring (bicyclic) bond motifs is 2. The van der Waals surface area contributed by atoms with E-state index in [4.69, 9.17) is 4.74 Å². The lowest BCUT2D eigenvalue weighted by atomic mass is 9.93. The van der Waals surface area contributed by atoms with Crippen LogP contribution in [0.4, 0.5) is 16.2 Å². The zero-order valence-corrected chi connectivity index (χ0v) is 19.7. The van der Waals surface area contributed by atoms with Crippen LogP contribution in [0.5, 0.6) is 6.01 Å². The second kappa shape index (κ2) is 8.39. The van der Waals surface area contributed by atoms with Gasteiger partial charge in [-0.05, 0) is 49.2 Å². The van der Waals surface area contributed by atoms with Crippen LogP contribution in [0, 0.1) is 0 Å². The molecular formula is C27H25N5O4. The van der Waals surface area contributed by atoms with Crippen LogP contribution in [0.25, 0.3) is 11.0 Å². The van der Waals surface area contributed by atoms with Crippen LogP contribution in [0.1, 0.15) is 34.3 Å². The summed E-state index contributed by atoms with van der Waals surface area (Å²) in [6.07, 6.45) is 1.63.